The molecule has 0 aliphatic carbocycles. The van der Waals surface area contributed by atoms with Crippen LogP contribution in [0.25, 0.3) is 0 Å². The van der Waals surface area contributed by atoms with Gasteiger partial charge in [-0.15, -0.1) is 0 Å². The predicted molar refractivity (Wildman–Crippen MR) is 129 cm³/mol. The molecule has 0 amide bonds. The number of thiocarbonyl (C=S) groups is 1. The largest absolute Gasteiger partial charge is 0.332 e. The van der Waals surface area contributed by atoms with Crippen LogP contribution in [0.15, 0.2) is 83.8 Å². The molecule has 0 aromatic heterocycles. The number of para-hydroxylation sites is 1. The first-order valence-electron chi connectivity index (χ1n) is 9.73. The fourth-order valence-electron chi connectivity index (χ4n) is 2.86. The van der Waals surface area contributed by atoms with Gasteiger partial charge >= 0.3 is 0 Å². The van der Waals surface area contributed by atoms with E-state index in [-0.39, 0.29) is 4.90 Å². The van der Waals surface area contributed by atoms with E-state index in [0.717, 1.165) is 12.1 Å². The first-order valence-corrected chi connectivity index (χ1v) is 11.6. The molecule has 1 atom stereocenters. The molecule has 0 radical (unpaired) electrons. The van der Waals surface area contributed by atoms with Crippen LogP contribution in [0.3, 0.4) is 0 Å². The highest BCUT2D eigenvalue weighted by Gasteiger charge is 2.14. The molecule has 1 unspecified atom stereocenters. The molecule has 3 rings (SSSR count). The van der Waals surface area contributed by atoms with Gasteiger partial charge in [-0.25, -0.2) is 8.42 Å². The van der Waals surface area contributed by atoms with Crippen molar-refractivity contribution in [2.75, 3.05) is 15.4 Å². The van der Waals surface area contributed by atoms with Crippen molar-refractivity contribution in [3.05, 3.63) is 84.4 Å². The number of rotatable bonds is 7. The number of nitrogens with one attached hydrogen (secondary N) is 3. The second-order valence-corrected chi connectivity index (χ2v) is 9.10. The van der Waals surface area contributed by atoms with Crippen molar-refractivity contribution in [2.24, 2.45) is 0 Å². The summed E-state index contributed by atoms with van der Waals surface area (Å²) in [6, 6.07) is 23.4. The first kappa shape index (κ1) is 21.8. The van der Waals surface area contributed by atoms with E-state index in [9.17, 15) is 8.42 Å². The predicted octanol–water partition coefficient (Wildman–Crippen LogP) is 5.81. The second-order valence-electron chi connectivity index (χ2n) is 7.01. The maximum absolute atomic E-state index is 12.5. The summed E-state index contributed by atoms with van der Waals surface area (Å²) >= 11 is 5.37. The summed E-state index contributed by atoms with van der Waals surface area (Å²) in [4.78, 5) is 0.177. The molecule has 3 N–H and O–H groups in total. The Hall–Kier alpha value is -2.90. The van der Waals surface area contributed by atoms with E-state index in [1.165, 1.54) is 17.7 Å². The van der Waals surface area contributed by atoms with E-state index in [1.54, 1.807) is 36.4 Å². The molecule has 3 aromatic carbocycles. The van der Waals surface area contributed by atoms with Crippen molar-refractivity contribution in [1.29, 1.82) is 0 Å². The molecule has 3 aromatic rings. The average molecular weight is 440 g/mol. The van der Waals surface area contributed by atoms with E-state index >= 15 is 0 Å². The maximum atomic E-state index is 12.5. The van der Waals surface area contributed by atoms with E-state index in [1.807, 2.05) is 18.2 Å². The zero-order chi connectivity index (χ0) is 21.6. The zero-order valence-electron chi connectivity index (χ0n) is 16.9. The van der Waals surface area contributed by atoms with Gasteiger partial charge in [0.1, 0.15) is 0 Å². The lowest BCUT2D eigenvalue weighted by Gasteiger charge is -2.13. The molecule has 0 bridgehead atoms. The van der Waals surface area contributed by atoms with E-state index in [0.29, 0.717) is 22.4 Å². The topological polar surface area (TPSA) is 70.2 Å². The maximum Gasteiger partial charge on any atom is 0.261 e. The summed E-state index contributed by atoms with van der Waals surface area (Å²) in [5.74, 6) is 0.523. The molecule has 0 saturated carbocycles. The highest BCUT2D eigenvalue weighted by molar-refractivity contribution is 7.92. The number of benzene rings is 3. The van der Waals surface area contributed by atoms with Gasteiger partial charge in [-0.1, -0.05) is 44.2 Å². The molecule has 0 aliphatic rings. The monoisotopic (exact) mass is 439 g/mol. The second kappa shape index (κ2) is 9.73. The van der Waals surface area contributed by atoms with Gasteiger partial charge in [-0.3, -0.25) is 4.72 Å². The smallest absolute Gasteiger partial charge is 0.261 e. The third-order valence-corrected chi connectivity index (χ3v) is 6.40. The van der Waals surface area contributed by atoms with Gasteiger partial charge < -0.3 is 10.6 Å². The van der Waals surface area contributed by atoms with Gasteiger partial charge in [0.15, 0.2) is 5.11 Å². The van der Waals surface area contributed by atoms with Gasteiger partial charge in [0.2, 0.25) is 0 Å². The minimum atomic E-state index is -3.65. The van der Waals surface area contributed by atoms with Crippen molar-refractivity contribution in [2.45, 2.75) is 31.1 Å². The fraction of sp³-hybridized carbons (Fsp3) is 0.174. The van der Waals surface area contributed by atoms with Gasteiger partial charge in [-0.2, -0.15) is 0 Å². The van der Waals surface area contributed by atoms with E-state index in [2.05, 4.69) is 41.3 Å². The third kappa shape index (κ3) is 5.81. The lowest BCUT2D eigenvalue weighted by Crippen LogP contribution is -2.19. The van der Waals surface area contributed by atoms with Gasteiger partial charge in [0, 0.05) is 17.1 Å². The Kier molecular flexibility index (Phi) is 7.07. The number of sulfonamides is 1. The molecule has 0 spiro atoms. The molecule has 5 nitrogen and oxygen atoms in total. The van der Waals surface area contributed by atoms with Crippen molar-refractivity contribution in [3.63, 3.8) is 0 Å². The van der Waals surface area contributed by atoms with Gasteiger partial charge in [-0.05, 0) is 78.7 Å². The normalized spacial score (nSPS) is 12.1. The Morgan fingerprint density at radius 2 is 1.37 bits per heavy atom. The third-order valence-electron chi connectivity index (χ3n) is 4.80. The molecule has 0 fully saturated rings. The van der Waals surface area contributed by atoms with E-state index in [4.69, 9.17) is 12.2 Å². The van der Waals surface area contributed by atoms with Crippen LogP contribution >= 0.6 is 12.2 Å². The number of hydrogen-bond acceptors (Lipinski definition) is 3. The molecule has 0 heterocycles. The van der Waals surface area contributed by atoms with Crippen molar-refractivity contribution < 1.29 is 8.42 Å². The fourth-order valence-corrected chi connectivity index (χ4v) is 4.16. The van der Waals surface area contributed by atoms with Crippen LogP contribution in [-0.2, 0) is 10.0 Å². The summed E-state index contributed by atoms with van der Waals surface area (Å²) in [5, 5.41) is 6.65. The molecule has 7 heteroatoms. The summed E-state index contributed by atoms with van der Waals surface area (Å²) in [6.45, 7) is 4.37. The molecule has 0 aliphatic heterocycles. The number of anilines is 3. The molecule has 0 saturated heterocycles. The number of hydrogen-bond donors (Lipinski definition) is 3. The van der Waals surface area contributed by atoms with Crippen LogP contribution in [0.5, 0.6) is 0 Å². The Bertz CT molecular complexity index is 1080. The average Bonchev–Trinajstić information content (AvgIpc) is 2.74. The van der Waals surface area contributed by atoms with Gasteiger partial charge in [0.05, 0.1) is 4.90 Å². The van der Waals surface area contributed by atoms with Crippen LogP contribution in [0.1, 0.15) is 31.7 Å². The van der Waals surface area contributed by atoms with Crippen LogP contribution in [0.2, 0.25) is 0 Å². The van der Waals surface area contributed by atoms with Crippen molar-refractivity contribution in [1.82, 2.24) is 0 Å². The lowest BCUT2D eigenvalue weighted by molar-refractivity contribution is 0.601. The SMILES string of the molecule is CCC(C)c1ccc(NC(=S)Nc2ccc(S(=O)(=O)Nc3ccccc3)cc2)cc1. The highest BCUT2D eigenvalue weighted by Crippen LogP contribution is 2.21. The lowest BCUT2D eigenvalue weighted by atomic mass is 9.99. The quantitative estimate of drug-likeness (QED) is 0.405. The first-order chi connectivity index (χ1) is 14.4. The minimum absolute atomic E-state index is 0.177. The summed E-state index contributed by atoms with van der Waals surface area (Å²) in [7, 11) is -3.65. The molecule has 156 valence electrons. The molecular formula is C23H25N3O2S2. The molecular weight excluding hydrogens is 414 g/mol. The van der Waals surface area contributed by atoms with Crippen LogP contribution in [0.4, 0.5) is 17.1 Å². The summed E-state index contributed by atoms with van der Waals surface area (Å²) in [5.41, 5.74) is 3.40. The van der Waals surface area contributed by atoms with Crippen molar-refractivity contribution in [3.8, 4) is 0 Å². The van der Waals surface area contributed by atoms with Crippen LogP contribution in [-0.4, -0.2) is 13.5 Å². The van der Waals surface area contributed by atoms with Crippen molar-refractivity contribution >= 4 is 44.4 Å². The highest BCUT2D eigenvalue weighted by atomic mass is 32.2. The summed E-state index contributed by atoms with van der Waals surface area (Å²) in [6.07, 6.45) is 1.10. The summed E-state index contributed by atoms with van der Waals surface area (Å²) < 4.78 is 27.6. The Morgan fingerprint density at radius 1 is 0.833 bits per heavy atom. The van der Waals surface area contributed by atoms with Crippen LogP contribution < -0.4 is 15.4 Å². The zero-order valence-corrected chi connectivity index (χ0v) is 18.6. The Labute approximate surface area is 183 Å². The Balaban J connectivity index is 1.60. The minimum Gasteiger partial charge on any atom is -0.332 e. The molecule has 30 heavy (non-hydrogen) atoms. The van der Waals surface area contributed by atoms with Gasteiger partial charge in [0.25, 0.3) is 10.0 Å². The standard InChI is InChI=1S/C23H25N3O2S2/c1-3-17(2)18-9-11-19(12-10-18)24-23(29)25-20-13-15-22(16-14-20)30(27,28)26-21-7-5-4-6-8-21/h4-17,26H,3H2,1-2H3,(H2,24,25,29). The van der Waals surface area contributed by atoms with Crippen LogP contribution in [0, 0.1) is 0 Å². The Morgan fingerprint density at radius 3 is 1.90 bits per heavy atom. The van der Waals surface area contributed by atoms with E-state index < -0.39 is 10.0 Å².